The zero-order chi connectivity index (χ0) is 37.6. The average Bonchev–Trinajstić information content (AvgIpc) is 3.86. The van der Waals surface area contributed by atoms with Gasteiger partial charge in [0.1, 0.15) is 0 Å². The molecule has 8 aromatic carbocycles. The van der Waals surface area contributed by atoms with E-state index in [1.807, 2.05) is 22.7 Å². The molecule has 57 heavy (non-hydrogen) atoms. The van der Waals surface area contributed by atoms with Crippen LogP contribution in [0.4, 0.5) is 28.4 Å². The van der Waals surface area contributed by atoms with Crippen molar-refractivity contribution in [3.63, 3.8) is 0 Å². The summed E-state index contributed by atoms with van der Waals surface area (Å²) in [5.74, 6) is 0.465. The van der Waals surface area contributed by atoms with Crippen LogP contribution in [0.15, 0.2) is 164 Å². The largest absolute Gasteiger partial charge is 0.309 e. The second kappa shape index (κ2) is 12.9. The fraction of sp³-hybridized carbons (Fsp3) is 0.0943. The van der Waals surface area contributed by atoms with Gasteiger partial charge in [-0.2, -0.15) is 0 Å². The quantitative estimate of drug-likeness (QED) is 0.156. The maximum absolute atomic E-state index is 2.54. The molecule has 0 radical (unpaired) electrons. The van der Waals surface area contributed by atoms with E-state index in [1.165, 1.54) is 102 Å². The summed E-state index contributed by atoms with van der Waals surface area (Å²) in [5, 5.41) is 10.4. The third kappa shape index (κ3) is 5.00. The third-order valence-electron chi connectivity index (χ3n) is 12.3. The molecule has 2 aliphatic carbocycles. The molecule has 272 valence electrons. The number of benzene rings is 8. The lowest BCUT2D eigenvalue weighted by atomic mass is 9.88. The van der Waals surface area contributed by atoms with Gasteiger partial charge in [-0.1, -0.05) is 128 Å². The SMILES string of the molecule is CC1CC=C(N(c2ccccc2)c2ccc3ccc4c(N(c5ccccc5)c5cccc6c7c(sc56)CCC=C7)ccc5ccc2c3c54)c2sc3ccccc3c21. The highest BCUT2D eigenvalue weighted by Crippen LogP contribution is 2.52. The molecule has 10 aromatic rings. The van der Waals surface area contributed by atoms with Gasteiger partial charge < -0.3 is 9.80 Å². The summed E-state index contributed by atoms with van der Waals surface area (Å²) >= 11 is 3.90. The minimum absolute atomic E-state index is 0.465. The summed E-state index contributed by atoms with van der Waals surface area (Å²) in [6, 6.07) is 56.5. The Bertz CT molecular complexity index is 3240. The molecule has 4 heteroatoms. The van der Waals surface area contributed by atoms with Crippen molar-refractivity contribution in [2.75, 3.05) is 9.80 Å². The van der Waals surface area contributed by atoms with E-state index in [0.29, 0.717) is 5.92 Å². The molecule has 2 aliphatic rings. The zero-order valence-corrected chi connectivity index (χ0v) is 33.2. The Labute approximate surface area is 340 Å². The number of hydrogen-bond acceptors (Lipinski definition) is 4. The molecule has 0 fully saturated rings. The van der Waals surface area contributed by atoms with Gasteiger partial charge in [-0.15, -0.1) is 22.7 Å². The van der Waals surface area contributed by atoms with E-state index in [2.05, 4.69) is 187 Å². The number of rotatable bonds is 6. The average molecular weight is 767 g/mol. The zero-order valence-electron chi connectivity index (χ0n) is 31.6. The van der Waals surface area contributed by atoms with Crippen molar-refractivity contribution in [3.05, 3.63) is 185 Å². The smallest absolute Gasteiger partial charge is 0.0640 e. The molecule has 0 saturated heterocycles. The number of allylic oxidation sites excluding steroid dienone is 2. The topological polar surface area (TPSA) is 6.48 Å². The highest BCUT2D eigenvalue weighted by atomic mass is 32.1. The molecule has 0 amide bonds. The number of nitrogens with zero attached hydrogens (tertiary/aromatic N) is 2. The summed E-state index contributed by atoms with van der Waals surface area (Å²) in [5.41, 5.74) is 10.1. The van der Waals surface area contributed by atoms with Crippen molar-refractivity contribution in [3.8, 4) is 0 Å². The van der Waals surface area contributed by atoms with Gasteiger partial charge in [0.05, 0.1) is 32.3 Å². The number of aryl methyl sites for hydroxylation is 1. The van der Waals surface area contributed by atoms with Crippen molar-refractivity contribution in [1.82, 2.24) is 0 Å². The van der Waals surface area contributed by atoms with E-state index < -0.39 is 0 Å². The molecule has 0 saturated carbocycles. The molecule has 12 rings (SSSR count). The number of para-hydroxylation sites is 2. The van der Waals surface area contributed by atoms with Gasteiger partial charge in [0.25, 0.3) is 0 Å². The van der Waals surface area contributed by atoms with E-state index in [9.17, 15) is 0 Å². The molecule has 2 heterocycles. The van der Waals surface area contributed by atoms with Crippen molar-refractivity contribution in [1.29, 1.82) is 0 Å². The first-order valence-corrected chi connectivity index (χ1v) is 21.7. The van der Waals surface area contributed by atoms with Crippen LogP contribution in [0.1, 0.15) is 46.6 Å². The number of fused-ring (bicyclic) bond motifs is 6. The summed E-state index contributed by atoms with van der Waals surface area (Å²) < 4.78 is 2.70. The Balaban J connectivity index is 1.11. The molecule has 0 N–H and O–H groups in total. The fourth-order valence-corrected chi connectivity index (χ4v) is 12.4. The minimum atomic E-state index is 0.465. The highest BCUT2D eigenvalue weighted by molar-refractivity contribution is 7.20. The van der Waals surface area contributed by atoms with Crippen LogP contribution in [0.3, 0.4) is 0 Å². The lowest BCUT2D eigenvalue weighted by Crippen LogP contribution is -2.18. The van der Waals surface area contributed by atoms with Crippen molar-refractivity contribution >= 4 is 115 Å². The van der Waals surface area contributed by atoms with Gasteiger partial charge in [0.2, 0.25) is 0 Å². The van der Waals surface area contributed by atoms with Gasteiger partial charge in [-0.05, 0) is 112 Å². The van der Waals surface area contributed by atoms with E-state index in [4.69, 9.17) is 0 Å². The van der Waals surface area contributed by atoms with Crippen molar-refractivity contribution < 1.29 is 0 Å². The lowest BCUT2D eigenvalue weighted by molar-refractivity contribution is 0.777. The Morgan fingerprint density at radius 3 is 1.91 bits per heavy atom. The lowest BCUT2D eigenvalue weighted by Gasteiger charge is -2.33. The fourth-order valence-electron chi connectivity index (χ4n) is 9.70. The molecule has 0 bridgehead atoms. The first-order chi connectivity index (χ1) is 28.2. The van der Waals surface area contributed by atoms with Gasteiger partial charge in [-0.3, -0.25) is 0 Å². The maximum Gasteiger partial charge on any atom is 0.0640 e. The highest BCUT2D eigenvalue weighted by Gasteiger charge is 2.30. The number of hydrogen-bond donors (Lipinski definition) is 0. The molecule has 2 nitrogen and oxygen atoms in total. The standard InChI is InChI=1S/C53H38N2S2/c1-33-23-30-46(53-49(33)42-18-9-11-22-48(42)57-53)55(37-15-6-3-7-16-37)44-32-27-35-24-28-40-43(31-26-34-25-29-41(44)51(35)50(34)40)54(36-13-4-2-5-14-36)45-20-12-19-39-38-17-8-10-21-47(38)56-52(39)45/h2-9,11-20,22,24-33H,10,21,23H2,1H3. The molecule has 1 atom stereocenters. The van der Waals surface area contributed by atoms with Gasteiger partial charge in [-0.25, -0.2) is 0 Å². The molecule has 0 spiro atoms. The van der Waals surface area contributed by atoms with Crippen LogP contribution in [0.2, 0.25) is 0 Å². The van der Waals surface area contributed by atoms with Crippen LogP contribution in [0, 0.1) is 0 Å². The summed E-state index contributed by atoms with van der Waals surface area (Å²) in [4.78, 5) is 7.92. The van der Waals surface area contributed by atoms with Crippen LogP contribution in [-0.4, -0.2) is 0 Å². The van der Waals surface area contributed by atoms with Crippen molar-refractivity contribution in [2.24, 2.45) is 0 Å². The minimum Gasteiger partial charge on any atom is -0.309 e. The molecule has 0 aliphatic heterocycles. The van der Waals surface area contributed by atoms with E-state index in [1.54, 1.807) is 0 Å². The summed E-state index contributed by atoms with van der Waals surface area (Å²) in [7, 11) is 0. The second-order valence-electron chi connectivity index (χ2n) is 15.5. The Morgan fingerprint density at radius 2 is 1.18 bits per heavy atom. The molecule has 2 aromatic heterocycles. The van der Waals surface area contributed by atoms with Crippen LogP contribution >= 0.6 is 22.7 Å². The third-order valence-corrected chi connectivity index (χ3v) is 14.8. The van der Waals surface area contributed by atoms with Gasteiger partial charge in [0.15, 0.2) is 0 Å². The first kappa shape index (κ1) is 33.0. The van der Waals surface area contributed by atoms with Crippen LogP contribution < -0.4 is 9.80 Å². The van der Waals surface area contributed by atoms with Crippen LogP contribution in [0.25, 0.3) is 64.3 Å². The summed E-state index contributed by atoms with van der Waals surface area (Å²) in [6.07, 6.45) is 10.4. The van der Waals surface area contributed by atoms with Gasteiger partial charge in [0, 0.05) is 37.1 Å². The van der Waals surface area contributed by atoms with E-state index in [-0.39, 0.29) is 0 Å². The normalized spacial score (nSPS) is 15.1. The molecular formula is C53H38N2S2. The van der Waals surface area contributed by atoms with Gasteiger partial charge >= 0.3 is 0 Å². The summed E-state index contributed by atoms with van der Waals surface area (Å²) in [6.45, 7) is 2.38. The van der Waals surface area contributed by atoms with E-state index in [0.717, 1.165) is 24.9 Å². The number of thiophene rings is 2. The maximum atomic E-state index is 2.54. The molecular weight excluding hydrogens is 729 g/mol. The van der Waals surface area contributed by atoms with Crippen LogP contribution in [0.5, 0.6) is 0 Å². The van der Waals surface area contributed by atoms with E-state index >= 15 is 0 Å². The second-order valence-corrected chi connectivity index (χ2v) is 17.7. The monoisotopic (exact) mass is 766 g/mol. The predicted octanol–water partition coefficient (Wildman–Crippen LogP) is 16.1. The van der Waals surface area contributed by atoms with Crippen molar-refractivity contribution in [2.45, 2.75) is 32.1 Å². The van der Waals surface area contributed by atoms with Crippen LogP contribution in [-0.2, 0) is 6.42 Å². The Hall–Kier alpha value is -6.20. The predicted molar refractivity (Wildman–Crippen MR) is 249 cm³/mol. The first-order valence-electron chi connectivity index (χ1n) is 20.0. The Kier molecular flexibility index (Phi) is 7.48. The number of anilines is 5. The molecule has 1 unspecified atom stereocenters. The Morgan fingerprint density at radius 1 is 0.544 bits per heavy atom.